The Bertz CT molecular complexity index is 484. The van der Waals surface area contributed by atoms with Crippen LogP contribution in [0.25, 0.3) is 0 Å². The van der Waals surface area contributed by atoms with Crippen LogP contribution >= 0.6 is 11.8 Å². The zero-order valence-electron chi connectivity index (χ0n) is 11.7. The number of carboxylic acids is 1. The first kappa shape index (κ1) is 15.6. The standard InChI is InChI=1S/C14H19N3O3S/c18-13(19)8-12-10-21-7-6-17(12)14(20)16-5-3-11-2-1-4-15-9-11/h1-2,4,9,12H,3,5-8,10H2,(H,16,20)(H,18,19). The van der Waals surface area contributed by atoms with E-state index in [0.29, 0.717) is 25.3 Å². The first-order chi connectivity index (χ1) is 10.2. The monoisotopic (exact) mass is 309 g/mol. The maximum absolute atomic E-state index is 12.2. The number of amides is 2. The minimum Gasteiger partial charge on any atom is -0.481 e. The molecule has 1 saturated heterocycles. The van der Waals surface area contributed by atoms with E-state index in [4.69, 9.17) is 5.11 Å². The largest absolute Gasteiger partial charge is 0.481 e. The second kappa shape index (κ2) is 7.87. The van der Waals surface area contributed by atoms with Gasteiger partial charge in [0.2, 0.25) is 0 Å². The van der Waals surface area contributed by atoms with Gasteiger partial charge in [-0.15, -0.1) is 0 Å². The number of carboxylic acid groups (broad SMARTS) is 1. The van der Waals surface area contributed by atoms with Crippen molar-refractivity contribution in [1.29, 1.82) is 0 Å². The summed E-state index contributed by atoms with van der Waals surface area (Å²) in [4.78, 5) is 28.7. The first-order valence-corrected chi connectivity index (χ1v) is 8.05. The minimum absolute atomic E-state index is 0.00300. The van der Waals surface area contributed by atoms with Crippen molar-refractivity contribution in [1.82, 2.24) is 15.2 Å². The summed E-state index contributed by atoms with van der Waals surface area (Å²) < 4.78 is 0. The number of carbonyl (C=O) groups is 2. The second-order valence-corrected chi connectivity index (χ2v) is 6.01. The predicted octanol–water partition coefficient (Wildman–Crippen LogP) is 1.23. The van der Waals surface area contributed by atoms with Crippen molar-refractivity contribution in [3.05, 3.63) is 30.1 Å². The third kappa shape index (κ3) is 4.93. The molecule has 2 amide bonds. The van der Waals surface area contributed by atoms with E-state index in [0.717, 1.165) is 11.3 Å². The van der Waals surface area contributed by atoms with Crippen molar-refractivity contribution in [3.63, 3.8) is 0 Å². The van der Waals surface area contributed by atoms with Crippen molar-refractivity contribution in [3.8, 4) is 0 Å². The highest BCUT2D eigenvalue weighted by Crippen LogP contribution is 2.19. The van der Waals surface area contributed by atoms with Crippen molar-refractivity contribution < 1.29 is 14.7 Å². The summed E-state index contributed by atoms with van der Waals surface area (Å²) in [6, 6.07) is 3.43. The Kier molecular flexibility index (Phi) is 5.86. The van der Waals surface area contributed by atoms with E-state index in [-0.39, 0.29) is 18.5 Å². The summed E-state index contributed by atoms with van der Waals surface area (Å²) in [7, 11) is 0. The molecule has 0 saturated carbocycles. The highest BCUT2D eigenvalue weighted by Gasteiger charge is 2.28. The molecular formula is C14H19N3O3S. The smallest absolute Gasteiger partial charge is 0.317 e. The highest BCUT2D eigenvalue weighted by atomic mass is 32.2. The molecule has 1 aromatic rings. The minimum atomic E-state index is -0.865. The van der Waals surface area contributed by atoms with Gasteiger partial charge in [0.1, 0.15) is 0 Å². The molecule has 1 aromatic heterocycles. The van der Waals surface area contributed by atoms with Crippen molar-refractivity contribution in [2.24, 2.45) is 0 Å². The molecule has 2 N–H and O–H groups in total. The molecule has 2 rings (SSSR count). The quantitative estimate of drug-likeness (QED) is 0.855. The molecule has 0 bridgehead atoms. The highest BCUT2D eigenvalue weighted by molar-refractivity contribution is 7.99. The van der Waals surface area contributed by atoms with Gasteiger partial charge in [0.05, 0.1) is 12.5 Å². The van der Waals surface area contributed by atoms with Gasteiger partial charge in [-0.1, -0.05) is 6.07 Å². The number of aromatic nitrogens is 1. The molecule has 1 aliphatic rings. The van der Waals surface area contributed by atoms with E-state index in [1.807, 2.05) is 12.1 Å². The molecule has 0 aromatic carbocycles. The van der Waals surface area contributed by atoms with Gasteiger partial charge in [-0.2, -0.15) is 11.8 Å². The molecule has 1 atom stereocenters. The molecule has 114 valence electrons. The SMILES string of the molecule is O=C(O)CC1CSCCN1C(=O)NCCc1cccnc1. The molecule has 0 aliphatic carbocycles. The van der Waals surface area contributed by atoms with Crippen LogP contribution in [0.4, 0.5) is 4.79 Å². The van der Waals surface area contributed by atoms with Crippen LogP contribution in [-0.2, 0) is 11.2 Å². The number of nitrogens with zero attached hydrogens (tertiary/aromatic N) is 2. The average Bonchev–Trinajstić information content (AvgIpc) is 2.48. The van der Waals surface area contributed by atoms with Crippen LogP contribution in [0.5, 0.6) is 0 Å². The number of hydrogen-bond acceptors (Lipinski definition) is 4. The fraction of sp³-hybridized carbons (Fsp3) is 0.500. The molecule has 0 radical (unpaired) electrons. The molecule has 1 fully saturated rings. The Morgan fingerprint density at radius 3 is 3.10 bits per heavy atom. The van der Waals surface area contributed by atoms with E-state index in [1.54, 1.807) is 29.1 Å². The Labute approximate surface area is 127 Å². The molecular weight excluding hydrogens is 290 g/mol. The van der Waals surface area contributed by atoms with E-state index < -0.39 is 5.97 Å². The lowest BCUT2D eigenvalue weighted by Crippen LogP contribution is -2.51. The molecule has 2 heterocycles. The predicted molar refractivity (Wildman–Crippen MR) is 81.4 cm³/mol. The first-order valence-electron chi connectivity index (χ1n) is 6.89. The normalized spacial score (nSPS) is 18.3. The molecule has 7 heteroatoms. The van der Waals surface area contributed by atoms with Crippen molar-refractivity contribution in [2.45, 2.75) is 18.9 Å². The maximum Gasteiger partial charge on any atom is 0.317 e. The zero-order valence-corrected chi connectivity index (χ0v) is 12.5. The van der Waals surface area contributed by atoms with Gasteiger partial charge in [-0.05, 0) is 18.1 Å². The second-order valence-electron chi connectivity index (χ2n) is 4.86. The number of rotatable bonds is 5. The Morgan fingerprint density at radius 2 is 2.38 bits per heavy atom. The topological polar surface area (TPSA) is 82.5 Å². The van der Waals surface area contributed by atoms with Gasteiger partial charge in [0.15, 0.2) is 0 Å². The lowest BCUT2D eigenvalue weighted by Gasteiger charge is -2.34. The van der Waals surface area contributed by atoms with E-state index in [1.165, 1.54) is 0 Å². The van der Waals surface area contributed by atoms with Crippen molar-refractivity contribution >= 4 is 23.8 Å². The van der Waals surface area contributed by atoms with Gasteiger partial charge in [0.25, 0.3) is 0 Å². The van der Waals surface area contributed by atoms with Gasteiger partial charge < -0.3 is 15.3 Å². The molecule has 0 spiro atoms. The number of urea groups is 1. The van der Waals surface area contributed by atoms with Crippen LogP contribution in [0, 0.1) is 0 Å². The number of hydrogen-bond donors (Lipinski definition) is 2. The molecule has 1 aliphatic heterocycles. The Morgan fingerprint density at radius 1 is 1.52 bits per heavy atom. The maximum atomic E-state index is 12.2. The summed E-state index contributed by atoms with van der Waals surface area (Å²) in [5, 5.41) is 11.8. The summed E-state index contributed by atoms with van der Waals surface area (Å²) >= 11 is 1.69. The number of aliphatic carboxylic acids is 1. The summed E-state index contributed by atoms with van der Waals surface area (Å²) in [6.07, 6.45) is 4.20. The van der Waals surface area contributed by atoms with E-state index in [9.17, 15) is 9.59 Å². The van der Waals surface area contributed by atoms with Crippen LogP contribution in [0.2, 0.25) is 0 Å². The third-order valence-corrected chi connectivity index (χ3v) is 4.40. The summed E-state index contributed by atoms with van der Waals surface area (Å²) in [6.45, 7) is 1.12. The Balaban J connectivity index is 1.81. The number of nitrogens with one attached hydrogen (secondary N) is 1. The number of thioether (sulfide) groups is 1. The van der Waals surface area contributed by atoms with Gasteiger partial charge in [0, 0.05) is 37.0 Å². The van der Waals surface area contributed by atoms with E-state index in [2.05, 4.69) is 10.3 Å². The third-order valence-electron chi connectivity index (χ3n) is 3.31. The number of pyridine rings is 1. The summed E-state index contributed by atoms with van der Waals surface area (Å²) in [5.74, 6) is 0.671. The average molecular weight is 309 g/mol. The van der Waals surface area contributed by atoms with Crippen LogP contribution in [0.15, 0.2) is 24.5 Å². The number of carbonyl (C=O) groups excluding carboxylic acids is 1. The van der Waals surface area contributed by atoms with Crippen LogP contribution < -0.4 is 5.32 Å². The van der Waals surface area contributed by atoms with Crippen molar-refractivity contribution in [2.75, 3.05) is 24.6 Å². The van der Waals surface area contributed by atoms with Crippen LogP contribution in [-0.4, -0.2) is 57.6 Å². The summed E-state index contributed by atoms with van der Waals surface area (Å²) in [5.41, 5.74) is 1.06. The van der Waals surface area contributed by atoms with Gasteiger partial charge >= 0.3 is 12.0 Å². The lowest BCUT2D eigenvalue weighted by atomic mass is 10.2. The molecule has 21 heavy (non-hydrogen) atoms. The Hall–Kier alpha value is -1.76. The van der Waals surface area contributed by atoms with Gasteiger partial charge in [-0.25, -0.2) is 4.79 Å². The molecule has 1 unspecified atom stereocenters. The van der Waals surface area contributed by atoms with Gasteiger partial charge in [-0.3, -0.25) is 9.78 Å². The lowest BCUT2D eigenvalue weighted by molar-refractivity contribution is -0.137. The van der Waals surface area contributed by atoms with E-state index >= 15 is 0 Å². The molecule has 6 nitrogen and oxygen atoms in total. The van der Waals surface area contributed by atoms with Crippen LogP contribution in [0.1, 0.15) is 12.0 Å². The fourth-order valence-corrected chi connectivity index (χ4v) is 3.32. The van der Waals surface area contributed by atoms with Crippen LogP contribution in [0.3, 0.4) is 0 Å². The fourth-order valence-electron chi connectivity index (χ4n) is 2.25. The zero-order chi connectivity index (χ0) is 15.1.